The number of ether oxygens (including phenoxy) is 1. The van der Waals surface area contributed by atoms with Crippen molar-refractivity contribution in [2.45, 2.75) is 6.42 Å². The van der Waals surface area contributed by atoms with Crippen LogP contribution >= 0.6 is 23.1 Å². The van der Waals surface area contributed by atoms with Crippen molar-refractivity contribution in [1.82, 2.24) is 14.3 Å². The van der Waals surface area contributed by atoms with Gasteiger partial charge in [-0.2, -0.15) is 4.37 Å². The number of benzene rings is 2. The Kier molecular flexibility index (Phi) is 6.52. The molecule has 1 saturated heterocycles. The monoisotopic (exact) mass is 473 g/mol. The van der Waals surface area contributed by atoms with Crippen LogP contribution in [0.1, 0.15) is 21.7 Å². The second kappa shape index (κ2) is 9.49. The second-order valence-electron chi connectivity index (χ2n) is 7.22. The van der Waals surface area contributed by atoms with Gasteiger partial charge in [-0.3, -0.25) is 14.9 Å². The number of rotatable bonds is 6. The van der Waals surface area contributed by atoms with Crippen LogP contribution in [0.5, 0.6) is 5.75 Å². The summed E-state index contributed by atoms with van der Waals surface area (Å²) in [5, 5.41) is 11.9. The first-order chi connectivity index (χ1) is 15.4. The van der Waals surface area contributed by atoms with Crippen molar-refractivity contribution >= 4 is 39.9 Å². The molecule has 0 N–H and O–H groups in total. The summed E-state index contributed by atoms with van der Waals surface area (Å²) >= 11 is 7.18. The van der Waals surface area contributed by atoms with E-state index >= 15 is 0 Å². The van der Waals surface area contributed by atoms with Crippen molar-refractivity contribution < 1.29 is 14.5 Å². The lowest BCUT2D eigenvalue weighted by Crippen LogP contribution is -2.48. The number of nitrogens with zero attached hydrogens (tertiary/aromatic N) is 5. The Morgan fingerprint density at radius 2 is 2.00 bits per heavy atom. The zero-order valence-electron chi connectivity index (χ0n) is 17.2. The minimum absolute atomic E-state index is 0.0115. The quantitative estimate of drug-likeness (QED) is 0.397. The fourth-order valence-electron chi connectivity index (χ4n) is 3.48. The molecule has 0 radical (unpaired) electrons. The van der Waals surface area contributed by atoms with Gasteiger partial charge in [-0.25, -0.2) is 4.98 Å². The molecule has 0 aliphatic carbocycles. The van der Waals surface area contributed by atoms with E-state index in [9.17, 15) is 14.9 Å². The summed E-state index contributed by atoms with van der Waals surface area (Å²) in [6, 6.07) is 11.9. The van der Waals surface area contributed by atoms with E-state index in [0.717, 1.165) is 22.3 Å². The maximum absolute atomic E-state index is 12.8. The van der Waals surface area contributed by atoms with Crippen molar-refractivity contribution in [3.63, 3.8) is 0 Å². The maximum atomic E-state index is 12.8. The van der Waals surface area contributed by atoms with Crippen LogP contribution in [-0.4, -0.2) is 58.4 Å². The molecule has 2 heterocycles. The van der Waals surface area contributed by atoms with E-state index in [0.29, 0.717) is 32.6 Å². The molecule has 4 rings (SSSR count). The number of piperazine rings is 1. The highest BCUT2D eigenvalue weighted by molar-refractivity contribution is 7.09. The first-order valence-corrected chi connectivity index (χ1v) is 11.0. The molecule has 0 saturated carbocycles. The molecular weight excluding hydrogens is 454 g/mol. The molecule has 11 heteroatoms. The summed E-state index contributed by atoms with van der Waals surface area (Å²) < 4.78 is 9.73. The van der Waals surface area contributed by atoms with Crippen LogP contribution in [-0.2, 0) is 6.42 Å². The highest BCUT2D eigenvalue weighted by Gasteiger charge is 2.26. The Morgan fingerprint density at radius 1 is 1.22 bits per heavy atom. The number of nitro groups is 1. The van der Waals surface area contributed by atoms with Gasteiger partial charge in [-0.15, -0.1) is 0 Å². The van der Waals surface area contributed by atoms with Gasteiger partial charge in [0, 0.05) is 55.8 Å². The number of anilines is 1. The summed E-state index contributed by atoms with van der Waals surface area (Å²) in [6.07, 6.45) is 0.613. The molecule has 1 aliphatic rings. The minimum atomic E-state index is -0.588. The van der Waals surface area contributed by atoms with Gasteiger partial charge < -0.3 is 14.5 Å². The van der Waals surface area contributed by atoms with Crippen LogP contribution in [0, 0.1) is 10.1 Å². The third-order valence-electron chi connectivity index (χ3n) is 5.18. The SMILES string of the molecule is COc1cccc(Cc2nsc(N3CCN(C(=O)c4ccc(Cl)c([N+](=O)[O-])c4)CC3)n2)c1. The van der Waals surface area contributed by atoms with E-state index in [4.69, 9.17) is 16.3 Å². The molecule has 32 heavy (non-hydrogen) atoms. The number of aromatic nitrogens is 2. The summed E-state index contributed by atoms with van der Waals surface area (Å²) in [5.74, 6) is 1.29. The lowest BCUT2D eigenvalue weighted by Gasteiger charge is -2.34. The normalized spacial score (nSPS) is 13.8. The molecule has 0 atom stereocenters. The van der Waals surface area contributed by atoms with E-state index in [1.54, 1.807) is 12.0 Å². The van der Waals surface area contributed by atoms with Crippen LogP contribution in [0.2, 0.25) is 5.02 Å². The molecule has 0 bridgehead atoms. The Labute approximate surface area is 193 Å². The van der Waals surface area contributed by atoms with Crippen LogP contribution in [0.25, 0.3) is 0 Å². The average molecular weight is 474 g/mol. The first-order valence-electron chi connectivity index (χ1n) is 9.88. The number of halogens is 1. The van der Waals surface area contributed by atoms with Crippen molar-refractivity contribution in [2.24, 2.45) is 0 Å². The predicted molar refractivity (Wildman–Crippen MR) is 122 cm³/mol. The highest BCUT2D eigenvalue weighted by Crippen LogP contribution is 2.26. The fraction of sp³-hybridized carbons (Fsp3) is 0.286. The molecule has 0 unspecified atom stereocenters. The number of nitro benzene ring substituents is 1. The van der Waals surface area contributed by atoms with E-state index in [2.05, 4.69) is 14.3 Å². The van der Waals surface area contributed by atoms with E-state index in [-0.39, 0.29) is 22.2 Å². The zero-order chi connectivity index (χ0) is 22.7. The number of carbonyl (C=O) groups excluding carboxylic acids is 1. The van der Waals surface area contributed by atoms with Crippen LogP contribution in [0.15, 0.2) is 42.5 Å². The van der Waals surface area contributed by atoms with Crippen LogP contribution in [0.4, 0.5) is 10.8 Å². The van der Waals surface area contributed by atoms with Gasteiger partial charge in [-0.05, 0) is 29.8 Å². The number of amides is 1. The second-order valence-corrected chi connectivity index (χ2v) is 8.36. The van der Waals surface area contributed by atoms with Gasteiger partial charge in [0.1, 0.15) is 16.6 Å². The zero-order valence-corrected chi connectivity index (χ0v) is 18.8. The van der Waals surface area contributed by atoms with Crippen LogP contribution in [0.3, 0.4) is 0 Å². The Hall–Kier alpha value is -3.24. The molecule has 1 aromatic heterocycles. The number of hydrogen-bond donors (Lipinski definition) is 0. The van der Waals surface area contributed by atoms with Crippen LogP contribution < -0.4 is 9.64 Å². The summed E-state index contributed by atoms with van der Waals surface area (Å²) in [7, 11) is 1.64. The Morgan fingerprint density at radius 3 is 2.72 bits per heavy atom. The molecule has 166 valence electrons. The molecule has 1 amide bonds. The Balaban J connectivity index is 1.37. The topological polar surface area (TPSA) is 102 Å². The maximum Gasteiger partial charge on any atom is 0.288 e. The van der Waals surface area contributed by atoms with Gasteiger partial charge in [0.25, 0.3) is 11.6 Å². The average Bonchev–Trinajstić information content (AvgIpc) is 3.27. The van der Waals surface area contributed by atoms with E-state index in [1.807, 2.05) is 24.3 Å². The van der Waals surface area contributed by atoms with Gasteiger partial charge >= 0.3 is 0 Å². The van der Waals surface area contributed by atoms with Gasteiger partial charge in [0.05, 0.1) is 12.0 Å². The van der Waals surface area contributed by atoms with Gasteiger partial charge in [-0.1, -0.05) is 23.7 Å². The fourth-order valence-corrected chi connectivity index (χ4v) is 4.40. The van der Waals surface area contributed by atoms with Crippen molar-refractivity contribution in [1.29, 1.82) is 0 Å². The Bertz CT molecular complexity index is 1150. The molecule has 9 nitrogen and oxygen atoms in total. The van der Waals surface area contributed by atoms with Crippen molar-refractivity contribution in [2.75, 3.05) is 38.2 Å². The molecule has 0 spiro atoms. The largest absolute Gasteiger partial charge is 0.497 e. The summed E-state index contributed by atoms with van der Waals surface area (Å²) in [4.78, 5) is 31.7. The van der Waals surface area contributed by atoms with Crippen molar-refractivity contribution in [3.05, 3.63) is 74.6 Å². The molecular formula is C21H20ClN5O4S. The standard InChI is InChI=1S/C21H20ClN5O4S/c1-31-16-4-2-3-14(11-16)12-19-23-21(32-24-19)26-9-7-25(8-10-26)20(28)15-5-6-17(22)18(13-15)27(29)30/h2-6,11,13H,7-10,12H2,1H3. The molecule has 2 aromatic carbocycles. The van der Waals surface area contributed by atoms with E-state index < -0.39 is 4.92 Å². The van der Waals surface area contributed by atoms with E-state index in [1.165, 1.54) is 29.7 Å². The lowest BCUT2D eigenvalue weighted by molar-refractivity contribution is -0.384. The molecule has 1 fully saturated rings. The lowest BCUT2D eigenvalue weighted by atomic mass is 10.1. The summed E-state index contributed by atoms with van der Waals surface area (Å²) in [5.41, 5.74) is 1.06. The number of hydrogen-bond acceptors (Lipinski definition) is 8. The van der Waals surface area contributed by atoms with Gasteiger partial charge in [0.2, 0.25) is 5.13 Å². The molecule has 1 aliphatic heterocycles. The number of methoxy groups -OCH3 is 1. The van der Waals surface area contributed by atoms with Gasteiger partial charge in [0.15, 0.2) is 0 Å². The third-order valence-corrected chi connectivity index (χ3v) is 6.32. The third kappa shape index (κ3) is 4.81. The van der Waals surface area contributed by atoms with Crippen molar-refractivity contribution in [3.8, 4) is 5.75 Å². The molecule has 3 aromatic rings. The predicted octanol–water partition coefficient (Wildman–Crippen LogP) is 3.66. The number of carbonyl (C=O) groups is 1. The smallest absolute Gasteiger partial charge is 0.288 e. The summed E-state index contributed by atoms with van der Waals surface area (Å²) in [6.45, 7) is 2.19. The highest BCUT2D eigenvalue weighted by atomic mass is 35.5. The first kappa shape index (κ1) is 22.0. The minimum Gasteiger partial charge on any atom is -0.497 e.